The zero-order chi connectivity index (χ0) is 17.8. The van der Waals surface area contributed by atoms with Crippen molar-refractivity contribution in [3.05, 3.63) is 41.7 Å². The number of hydrogen-bond acceptors (Lipinski definition) is 5. The Morgan fingerprint density at radius 3 is 2.96 bits per heavy atom. The number of nitrogens with zero attached hydrogens (tertiary/aromatic N) is 4. The first kappa shape index (κ1) is 17.4. The van der Waals surface area contributed by atoms with E-state index >= 15 is 0 Å². The Morgan fingerprint density at radius 1 is 1.40 bits per heavy atom. The van der Waals surface area contributed by atoms with E-state index in [9.17, 15) is 9.90 Å². The highest BCUT2D eigenvalue weighted by Crippen LogP contribution is 2.24. The lowest BCUT2D eigenvalue weighted by Gasteiger charge is -2.32. The Hall–Kier alpha value is -2.41. The summed E-state index contributed by atoms with van der Waals surface area (Å²) in [6.45, 7) is 6.35. The molecule has 25 heavy (non-hydrogen) atoms. The highest BCUT2D eigenvalue weighted by atomic mass is 16.3. The second kappa shape index (κ2) is 7.65. The summed E-state index contributed by atoms with van der Waals surface area (Å²) in [4.78, 5) is 14.3. The molecule has 1 unspecified atom stereocenters. The smallest absolute Gasteiger partial charge is 0.273 e. The molecule has 0 radical (unpaired) electrons. The van der Waals surface area contributed by atoms with Crippen LogP contribution >= 0.6 is 0 Å². The number of phenolic OH excluding ortho intramolecular Hbond substituents is 1. The van der Waals surface area contributed by atoms with Crippen molar-refractivity contribution in [3.8, 4) is 5.75 Å². The average molecular weight is 343 g/mol. The van der Waals surface area contributed by atoms with Gasteiger partial charge in [0.25, 0.3) is 5.91 Å². The van der Waals surface area contributed by atoms with Crippen LogP contribution in [0.3, 0.4) is 0 Å². The molecule has 1 aromatic heterocycles. The number of aromatic hydroxyl groups is 1. The number of amides is 1. The number of carbonyl (C=O) groups is 1. The van der Waals surface area contributed by atoms with Gasteiger partial charge in [0.1, 0.15) is 5.75 Å². The molecule has 0 bridgehead atoms. The first-order valence-electron chi connectivity index (χ1n) is 8.75. The molecule has 0 aliphatic carbocycles. The largest absolute Gasteiger partial charge is 0.508 e. The van der Waals surface area contributed by atoms with Gasteiger partial charge in [-0.2, -0.15) is 0 Å². The Balaban J connectivity index is 1.64. The quantitative estimate of drug-likeness (QED) is 0.867. The third-order valence-corrected chi connectivity index (χ3v) is 4.40. The van der Waals surface area contributed by atoms with Gasteiger partial charge < -0.3 is 10.4 Å². The van der Waals surface area contributed by atoms with Gasteiger partial charge in [0, 0.05) is 24.7 Å². The summed E-state index contributed by atoms with van der Waals surface area (Å²) in [5, 5.41) is 21.0. The maximum absolute atomic E-state index is 12.0. The van der Waals surface area contributed by atoms with Crippen LogP contribution in [0.4, 0.5) is 0 Å². The van der Waals surface area contributed by atoms with Gasteiger partial charge in [0.05, 0.1) is 12.2 Å². The summed E-state index contributed by atoms with van der Waals surface area (Å²) >= 11 is 0. The van der Waals surface area contributed by atoms with Gasteiger partial charge in [0.15, 0.2) is 5.69 Å². The third-order valence-electron chi connectivity index (χ3n) is 4.40. The number of para-hydroxylation sites is 1. The molecule has 1 atom stereocenters. The van der Waals surface area contributed by atoms with Gasteiger partial charge in [-0.15, -0.1) is 5.10 Å². The van der Waals surface area contributed by atoms with Gasteiger partial charge >= 0.3 is 0 Å². The van der Waals surface area contributed by atoms with E-state index in [1.165, 1.54) is 0 Å². The van der Waals surface area contributed by atoms with Gasteiger partial charge in [-0.25, -0.2) is 4.68 Å². The monoisotopic (exact) mass is 343 g/mol. The SMILES string of the molecule is CC(C)NC(=O)c1cn(C2CCCN(Cc3ccccc3O)C2)nn1. The van der Waals surface area contributed by atoms with Crippen LogP contribution in [0.5, 0.6) is 5.75 Å². The van der Waals surface area contributed by atoms with Crippen LogP contribution in [-0.2, 0) is 6.54 Å². The van der Waals surface area contributed by atoms with E-state index in [0.29, 0.717) is 18.0 Å². The molecule has 1 aliphatic heterocycles. The minimum atomic E-state index is -0.192. The number of benzene rings is 1. The molecule has 1 aliphatic rings. The van der Waals surface area contributed by atoms with Crippen molar-refractivity contribution in [1.29, 1.82) is 0 Å². The standard InChI is InChI=1S/C18H25N5O2/c1-13(2)19-18(25)16-12-23(21-20-16)15-7-5-9-22(11-15)10-14-6-3-4-8-17(14)24/h3-4,6,8,12-13,15,24H,5,7,9-11H2,1-2H3,(H,19,25). The lowest BCUT2D eigenvalue weighted by atomic mass is 10.0. The average Bonchev–Trinajstić information content (AvgIpc) is 3.07. The molecule has 1 amide bonds. The zero-order valence-corrected chi connectivity index (χ0v) is 14.7. The third kappa shape index (κ3) is 4.36. The highest BCUT2D eigenvalue weighted by Gasteiger charge is 2.24. The second-order valence-electron chi connectivity index (χ2n) is 6.87. The summed E-state index contributed by atoms with van der Waals surface area (Å²) in [6, 6.07) is 7.69. The fourth-order valence-corrected chi connectivity index (χ4v) is 3.17. The fraction of sp³-hybridized carbons (Fsp3) is 0.500. The number of carbonyl (C=O) groups excluding carboxylic acids is 1. The zero-order valence-electron chi connectivity index (χ0n) is 14.7. The maximum atomic E-state index is 12.0. The van der Waals surface area contributed by atoms with Crippen LogP contribution in [-0.4, -0.2) is 50.0 Å². The maximum Gasteiger partial charge on any atom is 0.273 e. The number of hydrogen-bond donors (Lipinski definition) is 2. The summed E-state index contributed by atoms with van der Waals surface area (Å²) in [6.07, 6.45) is 3.78. The van der Waals surface area contributed by atoms with Crippen molar-refractivity contribution < 1.29 is 9.90 Å². The van der Waals surface area contributed by atoms with E-state index in [4.69, 9.17) is 0 Å². The van der Waals surface area contributed by atoms with Crippen molar-refractivity contribution in [3.63, 3.8) is 0 Å². The second-order valence-corrected chi connectivity index (χ2v) is 6.87. The van der Waals surface area contributed by atoms with Gasteiger partial charge in [-0.3, -0.25) is 9.69 Å². The number of phenols is 1. The van der Waals surface area contributed by atoms with Crippen LogP contribution in [0.2, 0.25) is 0 Å². The lowest BCUT2D eigenvalue weighted by Crippen LogP contribution is -2.36. The van der Waals surface area contributed by atoms with Gasteiger partial charge in [0.2, 0.25) is 0 Å². The van der Waals surface area contributed by atoms with Crippen LogP contribution in [0, 0.1) is 0 Å². The Morgan fingerprint density at radius 2 is 2.20 bits per heavy atom. The van der Waals surface area contributed by atoms with Crippen LogP contribution in [0.1, 0.15) is 48.8 Å². The summed E-state index contributed by atoms with van der Waals surface area (Å²) in [7, 11) is 0. The predicted octanol–water partition coefficient (Wildman–Crippen LogP) is 1.96. The van der Waals surface area contributed by atoms with Crippen molar-refractivity contribution in [2.24, 2.45) is 0 Å². The molecule has 1 aromatic carbocycles. The van der Waals surface area contributed by atoms with Crippen LogP contribution in [0.25, 0.3) is 0 Å². The van der Waals surface area contributed by atoms with E-state index in [1.54, 1.807) is 16.9 Å². The van der Waals surface area contributed by atoms with Crippen molar-refractivity contribution in [2.75, 3.05) is 13.1 Å². The van der Waals surface area contributed by atoms with E-state index in [2.05, 4.69) is 20.5 Å². The number of rotatable bonds is 5. The van der Waals surface area contributed by atoms with Gasteiger partial charge in [-0.1, -0.05) is 23.4 Å². The number of nitrogens with one attached hydrogen (secondary N) is 1. The number of aromatic nitrogens is 3. The molecular formula is C18H25N5O2. The fourth-order valence-electron chi connectivity index (χ4n) is 3.17. The summed E-state index contributed by atoms with van der Waals surface area (Å²) in [5.74, 6) is 0.140. The van der Waals surface area contributed by atoms with Crippen LogP contribution < -0.4 is 5.32 Å². The molecule has 3 rings (SSSR count). The van der Waals surface area contributed by atoms with E-state index in [-0.39, 0.29) is 18.0 Å². The van der Waals surface area contributed by atoms with E-state index in [1.807, 2.05) is 32.0 Å². The topological polar surface area (TPSA) is 83.3 Å². The van der Waals surface area contributed by atoms with Crippen LogP contribution in [0.15, 0.2) is 30.5 Å². The Bertz CT molecular complexity index is 728. The Kier molecular flexibility index (Phi) is 5.33. The molecular weight excluding hydrogens is 318 g/mol. The number of piperidine rings is 1. The normalized spacial score (nSPS) is 18.4. The molecule has 134 valence electrons. The van der Waals surface area contributed by atoms with Crippen molar-refractivity contribution in [2.45, 2.75) is 45.3 Å². The van der Waals surface area contributed by atoms with Crippen molar-refractivity contribution in [1.82, 2.24) is 25.2 Å². The van der Waals surface area contributed by atoms with E-state index < -0.39 is 0 Å². The molecule has 0 saturated carbocycles. The molecule has 2 N–H and O–H groups in total. The molecule has 2 heterocycles. The van der Waals surface area contributed by atoms with Gasteiger partial charge in [-0.05, 0) is 39.3 Å². The molecule has 1 saturated heterocycles. The molecule has 0 spiro atoms. The molecule has 2 aromatic rings. The minimum Gasteiger partial charge on any atom is -0.508 e. The Labute approximate surface area is 147 Å². The molecule has 1 fully saturated rings. The first-order chi connectivity index (χ1) is 12.0. The highest BCUT2D eigenvalue weighted by molar-refractivity contribution is 5.91. The molecule has 7 nitrogen and oxygen atoms in total. The number of likely N-dealkylation sites (tertiary alicyclic amines) is 1. The van der Waals surface area contributed by atoms with E-state index in [0.717, 1.165) is 31.5 Å². The van der Waals surface area contributed by atoms with Crippen molar-refractivity contribution >= 4 is 5.91 Å². The minimum absolute atomic E-state index is 0.0707. The molecule has 7 heteroatoms. The lowest BCUT2D eigenvalue weighted by molar-refractivity contribution is 0.0938. The predicted molar refractivity (Wildman–Crippen MR) is 94.3 cm³/mol. The summed E-state index contributed by atoms with van der Waals surface area (Å²) in [5.41, 5.74) is 1.28. The summed E-state index contributed by atoms with van der Waals surface area (Å²) < 4.78 is 1.80. The first-order valence-corrected chi connectivity index (χ1v) is 8.75.